The average Bonchev–Trinajstić information content (AvgIpc) is 2.56. The molecule has 1 aromatic heterocycles. The molecule has 0 saturated heterocycles. The van der Waals surface area contributed by atoms with Gasteiger partial charge in [-0.2, -0.15) is 0 Å². The molecule has 1 N–H and O–H groups in total. The first-order chi connectivity index (χ1) is 7.24. The lowest BCUT2D eigenvalue weighted by atomic mass is 9.66. The highest BCUT2D eigenvalue weighted by molar-refractivity contribution is 5.02. The van der Waals surface area contributed by atoms with Crippen LogP contribution in [0.5, 0.6) is 0 Å². The van der Waals surface area contributed by atoms with E-state index in [0.29, 0.717) is 5.41 Å². The number of nitrogens with zero attached hydrogens (tertiary/aromatic N) is 3. The first-order valence-electron chi connectivity index (χ1n) is 5.80. The number of nitrogens with one attached hydrogen (secondary N) is 1. The Balaban J connectivity index is 1.95. The summed E-state index contributed by atoms with van der Waals surface area (Å²) in [4.78, 5) is 0. The van der Waals surface area contributed by atoms with E-state index in [1.165, 1.54) is 19.3 Å². The van der Waals surface area contributed by atoms with E-state index in [9.17, 15) is 0 Å². The third-order valence-electron chi connectivity index (χ3n) is 3.37. The van der Waals surface area contributed by atoms with Gasteiger partial charge in [-0.3, -0.25) is 4.68 Å². The summed E-state index contributed by atoms with van der Waals surface area (Å²) >= 11 is 0. The van der Waals surface area contributed by atoms with Gasteiger partial charge in [-0.25, -0.2) is 0 Å². The van der Waals surface area contributed by atoms with E-state index in [0.717, 1.165) is 25.2 Å². The van der Waals surface area contributed by atoms with Gasteiger partial charge in [0.05, 0.1) is 5.69 Å². The van der Waals surface area contributed by atoms with Crippen molar-refractivity contribution in [2.24, 2.45) is 12.5 Å². The summed E-state index contributed by atoms with van der Waals surface area (Å²) < 4.78 is 1.79. The summed E-state index contributed by atoms with van der Waals surface area (Å²) in [6, 6.07) is 0. The van der Waals surface area contributed by atoms with Gasteiger partial charge in [0.1, 0.15) is 0 Å². The highest BCUT2D eigenvalue weighted by atomic mass is 15.4. The Kier molecular flexibility index (Phi) is 3.05. The maximum Gasteiger partial charge on any atom is 0.0833 e. The average molecular weight is 208 g/mol. The van der Waals surface area contributed by atoms with Gasteiger partial charge < -0.3 is 5.32 Å². The van der Waals surface area contributed by atoms with E-state index < -0.39 is 0 Å². The molecule has 0 aliphatic heterocycles. The summed E-state index contributed by atoms with van der Waals surface area (Å²) in [5.74, 6) is 0. The van der Waals surface area contributed by atoms with Crippen molar-refractivity contribution in [1.82, 2.24) is 20.3 Å². The zero-order valence-corrected chi connectivity index (χ0v) is 9.66. The smallest absolute Gasteiger partial charge is 0.0833 e. The molecule has 0 bridgehead atoms. The minimum atomic E-state index is 0.464. The van der Waals surface area contributed by atoms with Crippen LogP contribution in [0, 0.1) is 5.41 Å². The molecule has 1 aliphatic rings. The number of aryl methyl sites for hydroxylation is 1. The van der Waals surface area contributed by atoms with E-state index in [4.69, 9.17) is 0 Å². The number of hydrogen-bond donors (Lipinski definition) is 1. The van der Waals surface area contributed by atoms with Gasteiger partial charge in [-0.1, -0.05) is 18.6 Å². The van der Waals surface area contributed by atoms with Crippen molar-refractivity contribution in [1.29, 1.82) is 0 Å². The van der Waals surface area contributed by atoms with Crippen molar-refractivity contribution < 1.29 is 0 Å². The molecule has 1 aromatic rings. The molecule has 0 spiro atoms. The summed E-state index contributed by atoms with van der Waals surface area (Å²) in [6.07, 6.45) is 7.14. The second-order valence-corrected chi connectivity index (χ2v) is 4.69. The van der Waals surface area contributed by atoms with Crippen molar-refractivity contribution in [3.8, 4) is 0 Å². The summed E-state index contributed by atoms with van der Waals surface area (Å²) in [5.41, 5.74) is 1.60. The van der Waals surface area contributed by atoms with Gasteiger partial charge in [0.2, 0.25) is 0 Å². The molecule has 2 rings (SSSR count). The molecule has 0 aromatic carbocycles. The monoisotopic (exact) mass is 208 g/mol. The quantitative estimate of drug-likeness (QED) is 0.789. The molecule has 0 unspecified atom stereocenters. The molecular formula is C11H20N4. The summed E-state index contributed by atoms with van der Waals surface area (Å²) in [7, 11) is 1.92. The van der Waals surface area contributed by atoms with Crippen molar-refractivity contribution >= 4 is 0 Å². The van der Waals surface area contributed by atoms with Crippen molar-refractivity contribution in [2.45, 2.75) is 32.6 Å². The minimum absolute atomic E-state index is 0.464. The maximum atomic E-state index is 4.18. The SMILES string of the molecule is CCNCC1(Cc2cn(C)nn2)CCC1. The Morgan fingerprint density at radius 2 is 2.33 bits per heavy atom. The van der Waals surface area contributed by atoms with Crippen molar-refractivity contribution in [2.75, 3.05) is 13.1 Å². The van der Waals surface area contributed by atoms with Gasteiger partial charge in [-0.15, -0.1) is 5.10 Å². The fourth-order valence-electron chi connectivity index (χ4n) is 2.34. The fourth-order valence-corrected chi connectivity index (χ4v) is 2.34. The van der Waals surface area contributed by atoms with Crippen LogP contribution in [0.3, 0.4) is 0 Å². The first-order valence-corrected chi connectivity index (χ1v) is 5.80. The molecule has 1 heterocycles. The molecule has 0 radical (unpaired) electrons. The third-order valence-corrected chi connectivity index (χ3v) is 3.37. The Morgan fingerprint density at radius 3 is 2.80 bits per heavy atom. The second kappa shape index (κ2) is 4.31. The molecule has 4 heteroatoms. The van der Waals surface area contributed by atoms with Crippen LogP contribution < -0.4 is 5.32 Å². The number of aromatic nitrogens is 3. The van der Waals surface area contributed by atoms with E-state index in [2.05, 4.69) is 22.6 Å². The van der Waals surface area contributed by atoms with Crippen LogP contribution in [0.4, 0.5) is 0 Å². The topological polar surface area (TPSA) is 42.7 Å². The minimum Gasteiger partial charge on any atom is -0.316 e. The van der Waals surface area contributed by atoms with Crippen LogP contribution in [0.1, 0.15) is 31.9 Å². The van der Waals surface area contributed by atoms with Crippen LogP contribution in [-0.4, -0.2) is 28.1 Å². The predicted octanol–water partition coefficient (Wildman–Crippen LogP) is 1.14. The Labute approximate surface area is 91.1 Å². The van der Waals surface area contributed by atoms with E-state index >= 15 is 0 Å². The lowest BCUT2D eigenvalue weighted by Gasteiger charge is -2.41. The molecule has 84 valence electrons. The molecule has 1 saturated carbocycles. The molecule has 15 heavy (non-hydrogen) atoms. The van der Waals surface area contributed by atoms with E-state index in [-0.39, 0.29) is 0 Å². The lowest BCUT2D eigenvalue weighted by molar-refractivity contribution is 0.129. The predicted molar refractivity (Wildman–Crippen MR) is 59.5 cm³/mol. The van der Waals surface area contributed by atoms with E-state index in [1.807, 2.05) is 13.2 Å². The fraction of sp³-hybridized carbons (Fsp3) is 0.818. The van der Waals surface area contributed by atoms with Crippen LogP contribution in [0.15, 0.2) is 6.20 Å². The number of rotatable bonds is 5. The van der Waals surface area contributed by atoms with Crippen LogP contribution >= 0.6 is 0 Å². The maximum absolute atomic E-state index is 4.18. The molecule has 1 aliphatic carbocycles. The van der Waals surface area contributed by atoms with Gasteiger partial charge >= 0.3 is 0 Å². The standard InChI is InChI=1S/C11H20N4/c1-3-12-9-11(5-4-6-11)7-10-8-15(2)14-13-10/h8,12H,3-7,9H2,1-2H3. The molecule has 4 nitrogen and oxygen atoms in total. The van der Waals surface area contributed by atoms with Crippen LogP contribution in [-0.2, 0) is 13.5 Å². The van der Waals surface area contributed by atoms with Gasteiger partial charge in [0.25, 0.3) is 0 Å². The van der Waals surface area contributed by atoms with Crippen molar-refractivity contribution in [3.63, 3.8) is 0 Å². The normalized spacial score (nSPS) is 18.8. The van der Waals surface area contributed by atoms with Gasteiger partial charge in [-0.05, 0) is 31.2 Å². The molecule has 0 amide bonds. The molecule has 0 atom stereocenters. The third kappa shape index (κ3) is 2.37. The van der Waals surface area contributed by atoms with E-state index in [1.54, 1.807) is 4.68 Å². The lowest BCUT2D eigenvalue weighted by Crippen LogP contribution is -2.41. The zero-order chi connectivity index (χ0) is 10.7. The Hall–Kier alpha value is -0.900. The van der Waals surface area contributed by atoms with Crippen LogP contribution in [0.2, 0.25) is 0 Å². The first kappa shape index (κ1) is 10.6. The molecular weight excluding hydrogens is 188 g/mol. The van der Waals surface area contributed by atoms with Gasteiger partial charge in [0.15, 0.2) is 0 Å². The largest absolute Gasteiger partial charge is 0.316 e. The number of hydrogen-bond acceptors (Lipinski definition) is 3. The summed E-state index contributed by atoms with van der Waals surface area (Å²) in [6.45, 7) is 4.34. The Bertz CT molecular complexity index is 314. The van der Waals surface area contributed by atoms with Crippen LogP contribution in [0.25, 0.3) is 0 Å². The highest BCUT2D eigenvalue weighted by Gasteiger charge is 2.37. The Morgan fingerprint density at radius 1 is 1.53 bits per heavy atom. The second-order valence-electron chi connectivity index (χ2n) is 4.69. The molecule has 1 fully saturated rings. The van der Waals surface area contributed by atoms with Gasteiger partial charge in [0, 0.05) is 19.8 Å². The van der Waals surface area contributed by atoms with Crippen molar-refractivity contribution in [3.05, 3.63) is 11.9 Å². The zero-order valence-electron chi connectivity index (χ0n) is 9.66. The summed E-state index contributed by atoms with van der Waals surface area (Å²) in [5, 5.41) is 11.6. The highest BCUT2D eigenvalue weighted by Crippen LogP contribution is 2.42.